The summed E-state index contributed by atoms with van der Waals surface area (Å²) in [5.74, 6) is 2.23. The van der Waals surface area contributed by atoms with Crippen LogP contribution in [-0.2, 0) is 13.1 Å². The van der Waals surface area contributed by atoms with Crippen LogP contribution in [0, 0.1) is 0 Å². The zero-order valence-corrected chi connectivity index (χ0v) is 19.5. The van der Waals surface area contributed by atoms with Gasteiger partial charge in [0.05, 0.1) is 14.2 Å². The van der Waals surface area contributed by atoms with Crippen LogP contribution in [0.15, 0.2) is 41.4 Å². The average Bonchev–Trinajstić information content (AvgIpc) is 2.80. The molecule has 2 aromatic carbocycles. The first-order chi connectivity index (χ1) is 15.0. The number of aliphatic imine (C=N–C) groups is 1. The molecular weight excluding hydrogens is 414 g/mol. The summed E-state index contributed by atoms with van der Waals surface area (Å²) >= 11 is 6.58. The third-order valence-electron chi connectivity index (χ3n) is 5.53. The summed E-state index contributed by atoms with van der Waals surface area (Å²) in [7, 11) is 7.21. The van der Waals surface area contributed by atoms with Gasteiger partial charge in [-0.2, -0.15) is 0 Å². The topological polar surface area (TPSA) is 61.4 Å². The molecule has 168 valence electrons. The van der Waals surface area contributed by atoms with Crippen molar-refractivity contribution >= 4 is 23.2 Å². The number of nitrogens with one attached hydrogen (secondary N) is 2. The standard InChI is InChI=1S/C23H32ClN5O2/c1-25-23(26-15-17-8-9-18(30-3)14-22(17)31-4)27-16-19-20(24)6-5-7-21(19)29-12-10-28(2)11-13-29/h5-9,14H,10-13,15-16H2,1-4H3,(H2,25,26,27). The Kier molecular flexibility index (Phi) is 8.26. The minimum absolute atomic E-state index is 0.570. The zero-order chi connectivity index (χ0) is 22.2. The first kappa shape index (κ1) is 23.0. The Labute approximate surface area is 190 Å². The summed E-state index contributed by atoms with van der Waals surface area (Å²) < 4.78 is 10.8. The summed E-state index contributed by atoms with van der Waals surface area (Å²) in [5.41, 5.74) is 3.28. The van der Waals surface area contributed by atoms with E-state index in [2.05, 4.69) is 38.5 Å². The number of nitrogens with zero attached hydrogens (tertiary/aromatic N) is 3. The number of methoxy groups -OCH3 is 2. The molecule has 0 atom stereocenters. The fourth-order valence-electron chi connectivity index (χ4n) is 3.64. The van der Waals surface area contributed by atoms with Gasteiger partial charge in [-0.15, -0.1) is 0 Å². The molecule has 0 bridgehead atoms. The SMILES string of the molecule is CN=C(NCc1ccc(OC)cc1OC)NCc1c(Cl)cccc1N1CCN(C)CC1. The van der Waals surface area contributed by atoms with Gasteiger partial charge in [0.2, 0.25) is 0 Å². The number of ether oxygens (including phenoxy) is 2. The Morgan fingerprint density at radius 1 is 1.03 bits per heavy atom. The van der Waals surface area contributed by atoms with E-state index in [1.165, 1.54) is 5.69 Å². The summed E-state index contributed by atoms with van der Waals surface area (Å²) in [6.45, 7) is 5.24. The molecule has 0 radical (unpaired) electrons. The maximum Gasteiger partial charge on any atom is 0.191 e. The van der Waals surface area contributed by atoms with Crippen LogP contribution in [0.4, 0.5) is 5.69 Å². The number of hydrogen-bond donors (Lipinski definition) is 2. The smallest absolute Gasteiger partial charge is 0.191 e. The first-order valence-electron chi connectivity index (χ1n) is 10.4. The third-order valence-corrected chi connectivity index (χ3v) is 5.89. The highest BCUT2D eigenvalue weighted by Gasteiger charge is 2.18. The Morgan fingerprint density at radius 2 is 1.77 bits per heavy atom. The molecule has 2 aromatic rings. The normalized spacial score (nSPS) is 15.0. The minimum atomic E-state index is 0.570. The van der Waals surface area contributed by atoms with Gasteiger partial charge >= 0.3 is 0 Å². The highest BCUT2D eigenvalue weighted by Crippen LogP contribution is 2.28. The second-order valence-corrected chi connectivity index (χ2v) is 7.89. The molecule has 1 aliphatic rings. The summed E-state index contributed by atoms with van der Waals surface area (Å²) in [5, 5.41) is 7.50. The number of piperazine rings is 1. The second kappa shape index (κ2) is 11.1. The highest BCUT2D eigenvalue weighted by molar-refractivity contribution is 6.31. The van der Waals surface area contributed by atoms with Gasteiger partial charge < -0.3 is 29.9 Å². The highest BCUT2D eigenvalue weighted by atomic mass is 35.5. The van der Waals surface area contributed by atoms with Gasteiger partial charge in [-0.25, -0.2) is 0 Å². The van der Waals surface area contributed by atoms with E-state index in [0.29, 0.717) is 19.0 Å². The lowest BCUT2D eigenvalue weighted by atomic mass is 10.1. The van der Waals surface area contributed by atoms with E-state index in [0.717, 1.165) is 53.8 Å². The summed E-state index contributed by atoms with van der Waals surface area (Å²) in [6.07, 6.45) is 0. The van der Waals surface area contributed by atoms with E-state index in [1.807, 2.05) is 30.3 Å². The van der Waals surface area contributed by atoms with E-state index in [-0.39, 0.29) is 0 Å². The van der Waals surface area contributed by atoms with Crippen molar-refractivity contribution in [3.05, 3.63) is 52.5 Å². The van der Waals surface area contributed by atoms with Crippen LogP contribution in [0.2, 0.25) is 5.02 Å². The molecule has 3 rings (SSSR count). The Bertz CT molecular complexity index is 898. The maximum absolute atomic E-state index is 6.58. The molecule has 1 heterocycles. The van der Waals surface area contributed by atoms with Crippen LogP contribution < -0.4 is 25.0 Å². The molecule has 2 N–H and O–H groups in total. The lowest BCUT2D eigenvalue weighted by molar-refractivity contribution is 0.312. The fourth-order valence-corrected chi connectivity index (χ4v) is 3.87. The maximum atomic E-state index is 6.58. The van der Waals surface area contributed by atoms with Crippen LogP contribution in [-0.4, -0.2) is 65.4 Å². The molecule has 8 heteroatoms. The Hall–Kier alpha value is -2.64. The van der Waals surface area contributed by atoms with Crippen molar-refractivity contribution < 1.29 is 9.47 Å². The number of halogens is 1. The van der Waals surface area contributed by atoms with Gasteiger partial charge in [0.25, 0.3) is 0 Å². The molecule has 1 fully saturated rings. The molecule has 0 aliphatic carbocycles. The van der Waals surface area contributed by atoms with Crippen molar-refractivity contribution in [1.29, 1.82) is 0 Å². The van der Waals surface area contributed by atoms with Crippen LogP contribution in [0.1, 0.15) is 11.1 Å². The summed E-state index contributed by atoms with van der Waals surface area (Å²) in [4.78, 5) is 9.10. The van der Waals surface area contributed by atoms with Crippen LogP contribution in [0.25, 0.3) is 0 Å². The molecular formula is C23H32ClN5O2. The number of rotatable bonds is 7. The van der Waals surface area contributed by atoms with E-state index in [9.17, 15) is 0 Å². The molecule has 1 saturated heterocycles. The monoisotopic (exact) mass is 445 g/mol. The van der Waals surface area contributed by atoms with Gasteiger partial charge in [0, 0.05) is 74.2 Å². The molecule has 7 nitrogen and oxygen atoms in total. The molecule has 0 unspecified atom stereocenters. The van der Waals surface area contributed by atoms with Gasteiger partial charge in [-0.3, -0.25) is 4.99 Å². The fraction of sp³-hybridized carbons (Fsp3) is 0.435. The molecule has 1 aliphatic heterocycles. The number of likely N-dealkylation sites (N-methyl/N-ethyl adjacent to an activating group) is 1. The van der Waals surface area contributed by atoms with Crippen molar-refractivity contribution in [2.75, 3.05) is 59.4 Å². The van der Waals surface area contributed by atoms with Crippen molar-refractivity contribution in [2.45, 2.75) is 13.1 Å². The van der Waals surface area contributed by atoms with Crippen molar-refractivity contribution in [3.8, 4) is 11.5 Å². The number of benzene rings is 2. The summed E-state index contributed by atoms with van der Waals surface area (Å²) in [6, 6.07) is 11.9. The van der Waals surface area contributed by atoms with E-state index >= 15 is 0 Å². The largest absolute Gasteiger partial charge is 0.497 e. The van der Waals surface area contributed by atoms with Gasteiger partial charge in [-0.05, 0) is 31.3 Å². The van der Waals surface area contributed by atoms with Crippen LogP contribution >= 0.6 is 11.6 Å². The molecule has 0 saturated carbocycles. The van der Waals surface area contributed by atoms with Crippen molar-refractivity contribution in [1.82, 2.24) is 15.5 Å². The Balaban J connectivity index is 1.65. The third kappa shape index (κ3) is 5.95. The van der Waals surface area contributed by atoms with Gasteiger partial charge in [-0.1, -0.05) is 17.7 Å². The van der Waals surface area contributed by atoms with Crippen LogP contribution in [0.3, 0.4) is 0 Å². The number of anilines is 1. The lowest BCUT2D eigenvalue weighted by Crippen LogP contribution is -2.45. The molecule has 0 aromatic heterocycles. The quantitative estimate of drug-likeness (QED) is 0.504. The molecule has 0 amide bonds. The van der Waals surface area contributed by atoms with Crippen molar-refractivity contribution in [2.24, 2.45) is 4.99 Å². The van der Waals surface area contributed by atoms with Gasteiger partial charge in [0.15, 0.2) is 5.96 Å². The zero-order valence-electron chi connectivity index (χ0n) is 18.7. The first-order valence-corrected chi connectivity index (χ1v) is 10.8. The average molecular weight is 446 g/mol. The molecule has 0 spiro atoms. The van der Waals surface area contributed by atoms with Crippen molar-refractivity contribution in [3.63, 3.8) is 0 Å². The molecule has 31 heavy (non-hydrogen) atoms. The van der Waals surface area contributed by atoms with Gasteiger partial charge in [0.1, 0.15) is 11.5 Å². The number of guanidine groups is 1. The Morgan fingerprint density at radius 3 is 2.45 bits per heavy atom. The van der Waals surface area contributed by atoms with E-state index in [1.54, 1.807) is 21.3 Å². The predicted octanol–water partition coefficient (Wildman–Crippen LogP) is 2.97. The van der Waals surface area contributed by atoms with E-state index < -0.39 is 0 Å². The lowest BCUT2D eigenvalue weighted by Gasteiger charge is -2.35. The van der Waals surface area contributed by atoms with E-state index in [4.69, 9.17) is 21.1 Å². The second-order valence-electron chi connectivity index (χ2n) is 7.48. The predicted molar refractivity (Wildman–Crippen MR) is 128 cm³/mol. The van der Waals surface area contributed by atoms with Crippen LogP contribution in [0.5, 0.6) is 11.5 Å². The number of hydrogen-bond acceptors (Lipinski definition) is 5. The minimum Gasteiger partial charge on any atom is -0.497 e.